The Labute approximate surface area is 201 Å². The Morgan fingerprint density at radius 3 is 2.51 bits per heavy atom. The number of halogens is 2. The minimum absolute atomic E-state index is 0.0478. The average molecular weight is 478 g/mol. The number of anilines is 1. The first-order chi connectivity index (χ1) is 16.7. The molecule has 1 amide bonds. The Hall–Kier alpha value is -4.07. The minimum Gasteiger partial charge on any atom is -0.507 e. The van der Waals surface area contributed by atoms with Crippen molar-refractivity contribution in [1.29, 1.82) is 0 Å². The van der Waals surface area contributed by atoms with E-state index in [2.05, 4.69) is 4.98 Å². The zero-order chi connectivity index (χ0) is 25.3. The van der Waals surface area contributed by atoms with E-state index in [1.54, 1.807) is 36.4 Å². The summed E-state index contributed by atoms with van der Waals surface area (Å²) in [5, 5.41) is 11.3. The van der Waals surface area contributed by atoms with Crippen LogP contribution in [-0.4, -0.2) is 28.4 Å². The van der Waals surface area contributed by atoms with Gasteiger partial charge < -0.3 is 9.84 Å². The molecule has 4 rings (SSSR count). The van der Waals surface area contributed by atoms with E-state index in [1.807, 2.05) is 20.8 Å². The smallest absolute Gasteiger partial charge is 0.300 e. The highest BCUT2D eigenvalue weighted by atomic mass is 19.1. The van der Waals surface area contributed by atoms with Gasteiger partial charge in [0, 0.05) is 17.8 Å². The van der Waals surface area contributed by atoms with Crippen molar-refractivity contribution in [2.45, 2.75) is 32.7 Å². The highest BCUT2D eigenvalue weighted by Crippen LogP contribution is 2.43. The number of pyridine rings is 1. The predicted molar refractivity (Wildman–Crippen MR) is 127 cm³/mol. The number of aliphatic hydroxyl groups excluding tert-OH is 1. The summed E-state index contributed by atoms with van der Waals surface area (Å²) >= 11 is 0. The lowest BCUT2D eigenvalue weighted by Gasteiger charge is -2.25. The number of carbonyl (C=O) groups is 2. The van der Waals surface area contributed by atoms with Crippen molar-refractivity contribution in [1.82, 2.24) is 4.98 Å². The fraction of sp³-hybridized carbons (Fsp3) is 0.222. The molecule has 1 aliphatic heterocycles. The van der Waals surface area contributed by atoms with Gasteiger partial charge in [0.15, 0.2) is 0 Å². The highest BCUT2D eigenvalue weighted by Gasteiger charge is 2.48. The van der Waals surface area contributed by atoms with Gasteiger partial charge in [0.1, 0.15) is 29.2 Å². The van der Waals surface area contributed by atoms with Crippen LogP contribution in [0.1, 0.15) is 49.6 Å². The summed E-state index contributed by atoms with van der Waals surface area (Å²) in [5.74, 6) is -3.62. The molecule has 1 aliphatic rings. The molecule has 0 spiro atoms. The normalized spacial score (nSPS) is 17.3. The largest absolute Gasteiger partial charge is 0.507 e. The minimum atomic E-state index is -1.22. The van der Waals surface area contributed by atoms with E-state index in [1.165, 1.54) is 6.20 Å². The molecule has 1 saturated heterocycles. The van der Waals surface area contributed by atoms with E-state index >= 15 is 0 Å². The van der Waals surface area contributed by atoms with Gasteiger partial charge in [-0.1, -0.05) is 19.9 Å². The number of rotatable bonds is 6. The van der Waals surface area contributed by atoms with E-state index in [4.69, 9.17) is 4.74 Å². The van der Waals surface area contributed by atoms with Gasteiger partial charge in [-0.25, -0.2) is 8.78 Å². The monoisotopic (exact) mass is 478 g/mol. The lowest BCUT2D eigenvalue weighted by molar-refractivity contribution is -0.132. The first-order valence-electron chi connectivity index (χ1n) is 11.2. The van der Waals surface area contributed by atoms with E-state index in [0.717, 1.165) is 22.6 Å². The maximum absolute atomic E-state index is 14.7. The van der Waals surface area contributed by atoms with Crippen LogP contribution in [0.25, 0.3) is 5.76 Å². The van der Waals surface area contributed by atoms with Crippen LogP contribution < -0.4 is 9.64 Å². The summed E-state index contributed by atoms with van der Waals surface area (Å²) in [6.45, 7) is 6.25. The number of benzene rings is 2. The molecule has 1 atom stereocenters. The Morgan fingerprint density at radius 2 is 1.89 bits per heavy atom. The molecular weight excluding hydrogens is 454 g/mol. The molecule has 1 aromatic heterocycles. The van der Waals surface area contributed by atoms with Gasteiger partial charge in [-0.3, -0.25) is 19.5 Å². The van der Waals surface area contributed by atoms with Crippen molar-refractivity contribution in [3.05, 3.63) is 94.8 Å². The van der Waals surface area contributed by atoms with Gasteiger partial charge in [0.25, 0.3) is 11.7 Å². The SMILES string of the molecule is CCOc1ccc(/C(O)=C2/C(=O)C(=O)N(c3ccc(F)cc3F)C2c2ccccn2)cc1C(C)C. The number of ether oxygens (including phenoxy) is 1. The molecule has 0 bridgehead atoms. The molecule has 180 valence electrons. The van der Waals surface area contributed by atoms with Crippen LogP contribution in [0.2, 0.25) is 0 Å². The van der Waals surface area contributed by atoms with Gasteiger partial charge in [0.05, 0.1) is 23.6 Å². The summed E-state index contributed by atoms with van der Waals surface area (Å²) in [4.78, 5) is 31.5. The second-order valence-corrected chi connectivity index (χ2v) is 8.36. The Kier molecular flexibility index (Phi) is 6.64. The van der Waals surface area contributed by atoms with E-state index in [9.17, 15) is 23.5 Å². The molecule has 0 aliphatic carbocycles. The average Bonchev–Trinajstić information content (AvgIpc) is 3.10. The van der Waals surface area contributed by atoms with Crippen molar-refractivity contribution < 1.29 is 28.2 Å². The zero-order valence-corrected chi connectivity index (χ0v) is 19.5. The van der Waals surface area contributed by atoms with E-state index in [0.29, 0.717) is 24.0 Å². The number of ketones is 1. The number of nitrogens with zero attached hydrogens (tertiary/aromatic N) is 2. The molecule has 6 nitrogen and oxygen atoms in total. The molecule has 0 saturated carbocycles. The van der Waals surface area contributed by atoms with Crippen LogP contribution in [0, 0.1) is 11.6 Å². The number of Topliss-reactive ketones (excluding diaryl/α,β-unsaturated/α-hetero) is 1. The Bertz CT molecular complexity index is 1320. The molecule has 2 aromatic carbocycles. The van der Waals surface area contributed by atoms with Gasteiger partial charge >= 0.3 is 0 Å². The zero-order valence-electron chi connectivity index (χ0n) is 19.5. The third kappa shape index (κ3) is 4.39. The maximum Gasteiger partial charge on any atom is 0.300 e. The summed E-state index contributed by atoms with van der Waals surface area (Å²) in [6, 6.07) is 11.3. The number of carbonyl (C=O) groups excluding carboxylic acids is 2. The molecular formula is C27H24F2N2O4. The van der Waals surface area contributed by atoms with E-state index in [-0.39, 0.29) is 22.9 Å². The fourth-order valence-corrected chi connectivity index (χ4v) is 4.16. The van der Waals surface area contributed by atoms with Crippen LogP contribution in [0.3, 0.4) is 0 Å². The first kappa shape index (κ1) is 24.1. The highest BCUT2D eigenvalue weighted by molar-refractivity contribution is 6.51. The van der Waals surface area contributed by atoms with Crippen molar-refractivity contribution in [3.8, 4) is 5.75 Å². The quantitative estimate of drug-likeness (QED) is 0.287. The van der Waals surface area contributed by atoms with Crippen LogP contribution in [0.4, 0.5) is 14.5 Å². The molecule has 1 fully saturated rings. The van der Waals surface area contributed by atoms with Crippen molar-refractivity contribution in [2.75, 3.05) is 11.5 Å². The Balaban J connectivity index is 1.94. The fourth-order valence-electron chi connectivity index (χ4n) is 4.16. The maximum atomic E-state index is 14.7. The second-order valence-electron chi connectivity index (χ2n) is 8.36. The molecule has 35 heavy (non-hydrogen) atoms. The summed E-state index contributed by atoms with van der Waals surface area (Å²) in [6.07, 6.45) is 1.46. The van der Waals surface area contributed by atoms with Gasteiger partial charge in [-0.05, 0) is 60.9 Å². The lowest BCUT2D eigenvalue weighted by Crippen LogP contribution is -2.30. The Morgan fingerprint density at radius 1 is 1.11 bits per heavy atom. The second kappa shape index (κ2) is 9.66. The van der Waals surface area contributed by atoms with Crippen LogP contribution in [0.5, 0.6) is 5.75 Å². The number of aliphatic hydroxyl groups is 1. The van der Waals surface area contributed by atoms with Gasteiger partial charge in [-0.2, -0.15) is 0 Å². The van der Waals surface area contributed by atoms with Crippen LogP contribution in [-0.2, 0) is 9.59 Å². The van der Waals surface area contributed by atoms with Crippen LogP contribution >= 0.6 is 0 Å². The van der Waals surface area contributed by atoms with Crippen molar-refractivity contribution in [3.63, 3.8) is 0 Å². The molecule has 0 radical (unpaired) electrons. The molecule has 3 aromatic rings. The summed E-state index contributed by atoms with van der Waals surface area (Å²) < 4.78 is 34.0. The van der Waals surface area contributed by atoms with Crippen molar-refractivity contribution >= 4 is 23.1 Å². The number of hydrogen-bond donors (Lipinski definition) is 1. The molecule has 2 heterocycles. The number of aromatic nitrogens is 1. The molecule has 1 N–H and O–H groups in total. The number of amides is 1. The van der Waals surface area contributed by atoms with E-state index < -0.39 is 35.1 Å². The topological polar surface area (TPSA) is 79.7 Å². The van der Waals surface area contributed by atoms with Crippen molar-refractivity contribution in [2.24, 2.45) is 0 Å². The summed E-state index contributed by atoms with van der Waals surface area (Å²) in [7, 11) is 0. The third-order valence-electron chi connectivity index (χ3n) is 5.79. The standard InChI is InChI=1S/C27H24F2N2O4/c1-4-35-22-11-8-16(13-18(22)15(2)3)25(32)23-24(20-7-5-6-12-30-20)31(27(34)26(23)33)21-10-9-17(28)14-19(21)29/h5-15,24,32H,4H2,1-3H3/b25-23-. The lowest BCUT2D eigenvalue weighted by atomic mass is 9.94. The van der Waals surface area contributed by atoms with Gasteiger partial charge in [0.2, 0.25) is 0 Å². The molecule has 8 heteroatoms. The first-order valence-corrected chi connectivity index (χ1v) is 11.2. The van der Waals surface area contributed by atoms with Gasteiger partial charge in [-0.15, -0.1) is 0 Å². The summed E-state index contributed by atoms with van der Waals surface area (Å²) in [5.41, 5.74) is 0.820. The molecule has 1 unspecified atom stereocenters. The van der Waals surface area contributed by atoms with Crippen LogP contribution in [0.15, 0.2) is 66.4 Å². The predicted octanol–water partition coefficient (Wildman–Crippen LogP) is 5.51. The third-order valence-corrected chi connectivity index (χ3v) is 5.79. The number of hydrogen-bond acceptors (Lipinski definition) is 5.